The zero-order chi connectivity index (χ0) is 24.3. The Bertz CT molecular complexity index is 967. The minimum absolute atomic E-state index is 0.00703. The maximum atomic E-state index is 12.6. The van der Waals surface area contributed by atoms with Crippen LogP contribution in [-0.2, 0) is 20.8 Å². The lowest BCUT2D eigenvalue weighted by Gasteiger charge is -2.22. The number of rotatable bonds is 12. The first kappa shape index (κ1) is 25.3. The number of benzene rings is 2. The molecule has 3 rings (SSSR count). The first-order chi connectivity index (χ1) is 16.5. The van der Waals surface area contributed by atoms with Crippen molar-refractivity contribution in [1.82, 2.24) is 10.2 Å². The standard InChI is InChI=1S/C27H34N2O5/c1-3-24(23-8-4-5-9-25(23)34-19-27(32)29-16-6-7-17-29)28-26(31)18-33-22-14-12-21(13-15-22)11-10-20(2)30/h4-5,8-9,12-15,24H,3,6-7,10-11,16-19H2,1-2H3,(H,28,31). The number of ketones is 1. The third kappa shape index (κ3) is 7.61. The second kappa shape index (κ2) is 12.8. The van der Waals surface area contributed by atoms with Gasteiger partial charge in [-0.1, -0.05) is 37.3 Å². The van der Waals surface area contributed by atoms with Crippen molar-refractivity contribution in [2.24, 2.45) is 0 Å². The van der Waals surface area contributed by atoms with Gasteiger partial charge in [0, 0.05) is 25.1 Å². The van der Waals surface area contributed by atoms with E-state index in [0.29, 0.717) is 30.8 Å². The van der Waals surface area contributed by atoms with Crippen LogP contribution in [0.3, 0.4) is 0 Å². The molecule has 2 aromatic rings. The fourth-order valence-electron chi connectivity index (χ4n) is 3.95. The Balaban J connectivity index is 1.52. The fraction of sp³-hybridized carbons (Fsp3) is 0.444. The highest BCUT2D eigenvalue weighted by atomic mass is 16.5. The molecular formula is C27H34N2O5. The summed E-state index contributed by atoms with van der Waals surface area (Å²) in [6, 6.07) is 14.6. The number of likely N-dealkylation sites (tertiary alicyclic amines) is 1. The number of amides is 2. The Kier molecular flexibility index (Phi) is 9.50. The average Bonchev–Trinajstić information content (AvgIpc) is 3.39. The molecular weight excluding hydrogens is 432 g/mol. The highest BCUT2D eigenvalue weighted by molar-refractivity contribution is 5.79. The molecule has 182 valence electrons. The Morgan fingerprint density at radius 3 is 2.35 bits per heavy atom. The zero-order valence-corrected chi connectivity index (χ0v) is 20.0. The number of hydrogen-bond donors (Lipinski definition) is 1. The van der Waals surface area contributed by atoms with Gasteiger partial charge in [-0.05, 0) is 56.4 Å². The van der Waals surface area contributed by atoms with Crippen molar-refractivity contribution in [2.75, 3.05) is 26.3 Å². The van der Waals surface area contributed by atoms with E-state index in [9.17, 15) is 14.4 Å². The minimum Gasteiger partial charge on any atom is -0.484 e. The monoisotopic (exact) mass is 466 g/mol. The van der Waals surface area contributed by atoms with Crippen LogP contribution in [0.5, 0.6) is 11.5 Å². The van der Waals surface area contributed by atoms with Crippen molar-refractivity contribution >= 4 is 17.6 Å². The molecule has 0 aliphatic carbocycles. The van der Waals surface area contributed by atoms with Crippen LogP contribution < -0.4 is 14.8 Å². The highest BCUT2D eigenvalue weighted by Gasteiger charge is 2.21. The number of para-hydroxylation sites is 1. The number of nitrogens with zero attached hydrogens (tertiary/aromatic N) is 1. The summed E-state index contributed by atoms with van der Waals surface area (Å²) in [5.74, 6) is 1.11. The summed E-state index contributed by atoms with van der Waals surface area (Å²) in [7, 11) is 0. The fourth-order valence-corrected chi connectivity index (χ4v) is 3.95. The molecule has 1 heterocycles. The third-order valence-corrected chi connectivity index (χ3v) is 5.91. The Morgan fingerprint density at radius 1 is 0.971 bits per heavy atom. The van der Waals surface area contributed by atoms with Gasteiger partial charge in [0.15, 0.2) is 13.2 Å². The van der Waals surface area contributed by atoms with Crippen molar-refractivity contribution in [3.05, 3.63) is 59.7 Å². The van der Waals surface area contributed by atoms with Crippen LogP contribution in [0, 0.1) is 0 Å². The molecule has 0 spiro atoms. The molecule has 7 heteroatoms. The van der Waals surface area contributed by atoms with Gasteiger partial charge in [-0.2, -0.15) is 0 Å². The molecule has 1 N–H and O–H groups in total. The van der Waals surface area contributed by atoms with Crippen LogP contribution in [0.15, 0.2) is 48.5 Å². The lowest BCUT2D eigenvalue weighted by Crippen LogP contribution is -2.34. The Hall–Kier alpha value is -3.35. The van der Waals surface area contributed by atoms with Crippen LogP contribution in [0.25, 0.3) is 0 Å². The summed E-state index contributed by atoms with van der Waals surface area (Å²) in [6.45, 7) is 5.03. The van der Waals surface area contributed by atoms with Gasteiger partial charge in [-0.3, -0.25) is 9.59 Å². The first-order valence-electron chi connectivity index (χ1n) is 12.0. The predicted molar refractivity (Wildman–Crippen MR) is 130 cm³/mol. The summed E-state index contributed by atoms with van der Waals surface area (Å²) >= 11 is 0. The van der Waals surface area contributed by atoms with Gasteiger partial charge in [0.1, 0.15) is 17.3 Å². The quantitative estimate of drug-likeness (QED) is 0.514. The molecule has 1 saturated heterocycles. The maximum absolute atomic E-state index is 12.6. The maximum Gasteiger partial charge on any atom is 0.260 e. The number of ether oxygens (including phenoxy) is 2. The normalized spacial score (nSPS) is 13.9. The van der Waals surface area contributed by atoms with E-state index in [2.05, 4.69) is 5.32 Å². The van der Waals surface area contributed by atoms with Gasteiger partial charge in [0.2, 0.25) is 0 Å². The molecule has 1 fully saturated rings. The highest BCUT2D eigenvalue weighted by Crippen LogP contribution is 2.27. The van der Waals surface area contributed by atoms with Crippen molar-refractivity contribution < 1.29 is 23.9 Å². The molecule has 34 heavy (non-hydrogen) atoms. The molecule has 0 aromatic heterocycles. The SMILES string of the molecule is CCC(NC(=O)COc1ccc(CCC(C)=O)cc1)c1ccccc1OCC(=O)N1CCCC1. The topological polar surface area (TPSA) is 84.9 Å². The van der Waals surface area contributed by atoms with Crippen molar-refractivity contribution in [1.29, 1.82) is 0 Å². The average molecular weight is 467 g/mol. The molecule has 1 atom stereocenters. The molecule has 7 nitrogen and oxygen atoms in total. The molecule has 0 saturated carbocycles. The molecule has 1 aliphatic rings. The number of nitrogens with one attached hydrogen (secondary N) is 1. The van der Waals surface area contributed by atoms with E-state index >= 15 is 0 Å². The molecule has 2 amide bonds. The molecule has 1 aliphatic heterocycles. The third-order valence-electron chi connectivity index (χ3n) is 5.91. The Labute approximate surface area is 201 Å². The summed E-state index contributed by atoms with van der Waals surface area (Å²) < 4.78 is 11.5. The first-order valence-corrected chi connectivity index (χ1v) is 12.0. The zero-order valence-electron chi connectivity index (χ0n) is 20.0. The second-order valence-corrected chi connectivity index (χ2v) is 8.58. The number of Topliss-reactive ketones (excluding diaryl/α,β-unsaturated/α-hetero) is 1. The van der Waals surface area contributed by atoms with E-state index in [1.165, 1.54) is 0 Å². The van der Waals surface area contributed by atoms with E-state index in [-0.39, 0.29) is 36.9 Å². The van der Waals surface area contributed by atoms with Gasteiger partial charge in [-0.15, -0.1) is 0 Å². The number of carbonyl (C=O) groups excluding carboxylic acids is 3. The van der Waals surface area contributed by atoms with Crippen LogP contribution in [0.1, 0.15) is 56.7 Å². The van der Waals surface area contributed by atoms with E-state index < -0.39 is 0 Å². The van der Waals surface area contributed by atoms with E-state index in [0.717, 1.165) is 37.1 Å². The Morgan fingerprint density at radius 2 is 1.68 bits per heavy atom. The van der Waals surface area contributed by atoms with Gasteiger partial charge >= 0.3 is 0 Å². The summed E-state index contributed by atoms with van der Waals surface area (Å²) in [5, 5.41) is 3.00. The lowest BCUT2D eigenvalue weighted by molar-refractivity contribution is -0.132. The van der Waals surface area contributed by atoms with Gasteiger partial charge in [-0.25, -0.2) is 0 Å². The van der Waals surface area contributed by atoms with E-state index in [4.69, 9.17) is 9.47 Å². The van der Waals surface area contributed by atoms with Crippen LogP contribution in [0.2, 0.25) is 0 Å². The van der Waals surface area contributed by atoms with E-state index in [1.807, 2.05) is 48.2 Å². The molecule has 0 bridgehead atoms. The second-order valence-electron chi connectivity index (χ2n) is 8.58. The molecule has 1 unspecified atom stereocenters. The van der Waals surface area contributed by atoms with Crippen LogP contribution >= 0.6 is 0 Å². The summed E-state index contributed by atoms with van der Waals surface area (Å²) in [6.07, 6.45) is 3.95. The van der Waals surface area contributed by atoms with Gasteiger partial charge in [0.05, 0.1) is 6.04 Å². The van der Waals surface area contributed by atoms with Crippen molar-refractivity contribution in [2.45, 2.75) is 52.0 Å². The van der Waals surface area contributed by atoms with Crippen LogP contribution in [0.4, 0.5) is 0 Å². The lowest BCUT2D eigenvalue weighted by atomic mass is 10.0. The summed E-state index contributed by atoms with van der Waals surface area (Å²) in [5.41, 5.74) is 1.89. The predicted octanol–water partition coefficient (Wildman–Crippen LogP) is 3.86. The van der Waals surface area contributed by atoms with Gasteiger partial charge in [0.25, 0.3) is 11.8 Å². The summed E-state index contributed by atoms with van der Waals surface area (Å²) in [4.78, 5) is 37.9. The number of hydrogen-bond acceptors (Lipinski definition) is 5. The number of carbonyl (C=O) groups is 3. The smallest absolute Gasteiger partial charge is 0.260 e. The van der Waals surface area contributed by atoms with Crippen LogP contribution in [-0.4, -0.2) is 48.8 Å². The molecule has 0 radical (unpaired) electrons. The molecule has 2 aromatic carbocycles. The largest absolute Gasteiger partial charge is 0.484 e. The van der Waals surface area contributed by atoms with Crippen molar-refractivity contribution in [3.63, 3.8) is 0 Å². The van der Waals surface area contributed by atoms with Crippen molar-refractivity contribution in [3.8, 4) is 11.5 Å². The van der Waals surface area contributed by atoms with Gasteiger partial charge < -0.3 is 24.5 Å². The van der Waals surface area contributed by atoms with E-state index in [1.54, 1.807) is 19.1 Å². The number of aryl methyl sites for hydroxylation is 1. The minimum atomic E-state index is -0.261.